The number of allylic oxidation sites excluding steroid dienone is 3. The summed E-state index contributed by atoms with van der Waals surface area (Å²) in [6.45, 7) is 4.08. The van der Waals surface area contributed by atoms with E-state index in [1.165, 1.54) is 0 Å². The molecule has 0 bridgehead atoms. The second-order valence-electron chi connectivity index (χ2n) is 5.22. The van der Waals surface area contributed by atoms with Crippen LogP contribution in [0.3, 0.4) is 0 Å². The maximum absolute atomic E-state index is 12.5. The van der Waals surface area contributed by atoms with Crippen molar-refractivity contribution in [3.63, 3.8) is 0 Å². The van der Waals surface area contributed by atoms with E-state index in [4.69, 9.17) is 4.74 Å². The van der Waals surface area contributed by atoms with Gasteiger partial charge in [0.05, 0.1) is 18.2 Å². The summed E-state index contributed by atoms with van der Waals surface area (Å²) in [6, 6.07) is 19.5. The Bertz CT molecular complexity index is 690. The molecular formula is C21H23NO2. The van der Waals surface area contributed by atoms with E-state index in [-0.39, 0.29) is 12.0 Å². The highest BCUT2D eigenvalue weighted by Crippen LogP contribution is 2.27. The highest BCUT2D eigenvalue weighted by Gasteiger charge is 2.23. The van der Waals surface area contributed by atoms with Crippen LogP contribution in [0.15, 0.2) is 84.5 Å². The number of ether oxygens (including phenoxy) is 1. The summed E-state index contributed by atoms with van der Waals surface area (Å²) in [6.07, 6.45) is 5.56. The summed E-state index contributed by atoms with van der Waals surface area (Å²) in [4.78, 5) is 12.5. The molecule has 0 heterocycles. The SMILES string of the molecule is C/C=C/C=C(/C(=O)OCC)C(Nc1ccccc1)c1ccccc1. The lowest BCUT2D eigenvalue weighted by atomic mass is 9.97. The Morgan fingerprint density at radius 1 is 1.08 bits per heavy atom. The van der Waals surface area contributed by atoms with Gasteiger partial charge in [0, 0.05) is 5.69 Å². The largest absolute Gasteiger partial charge is 0.463 e. The fourth-order valence-corrected chi connectivity index (χ4v) is 2.38. The lowest BCUT2D eigenvalue weighted by Crippen LogP contribution is -2.21. The van der Waals surface area contributed by atoms with Crippen molar-refractivity contribution >= 4 is 11.7 Å². The molecule has 0 aromatic heterocycles. The minimum absolute atomic E-state index is 0.288. The van der Waals surface area contributed by atoms with Crippen LogP contribution in [0.2, 0.25) is 0 Å². The Morgan fingerprint density at radius 2 is 1.71 bits per heavy atom. The number of nitrogens with one attached hydrogen (secondary N) is 1. The molecule has 0 saturated carbocycles. The molecule has 0 amide bonds. The number of anilines is 1. The first-order valence-electron chi connectivity index (χ1n) is 8.12. The van der Waals surface area contributed by atoms with Gasteiger partial charge in [0.2, 0.25) is 0 Å². The number of para-hydroxylation sites is 1. The molecule has 2 rings (SSSR count). The molecule has 2 aromatic rings. The van der Waals surface area contributed by atoms with Crippen LogP contribution in [0.25, 0.3) is 0 Å². The average molecular weight is 321 g/mol. The molecule has 0 saturated heterocycles. The highest BCUT2D eigenvalue weighted by atomic mass is 16.5. The van der Waals surface area contributed by atoms with E-state index in [0.29, 0.717) is 12.2 Å². The number of benzene rings is 2. The molecule has 0 aliphatic carbocycles. The van der Waals surface area contributed by atoms with Crippen molar-refractivity contribution in [2.75, 3.05) is 11.9 Å². The normalized spacial score (nSPS) is 12.8. The van der Waals surface area contributed by atoms with Crippen LogP contribution < -0.4 is 5.32 Å². The van der Waals surface area contributed by atoms with E-state index in [2.05, 4.69) is 5.32 Å². The number of carbonyl (C=O) groups excluding carboxylic acids is 1. The molecule has 2 aromatic carbocycles. The van der Waals surface area contributed by atoms with Crippen molar-refractivity contribution in [1.29, 1.82) is 0 Å². The number of rotatable bonds is 7. The Kier molecular flexibility index (Phi) is 6.84. The first-order chi connectivity index (χ1) is 11.8. The highest BCUT2D eigenvalue weighted by molar-refractivity contribution is 5.91. The second-order valence-corrected chi connectivity index (χ2v) is 5.22. The molecule has 1 atom stereocenters. The molecule has 0 radical (unpaired) electrons. The fraction of sp³-hybridized carbons (Fsp3) is 0.190. The van der Waals surface area contributed by atoms with Gasteiger partial charge in [-0.15, -0.1) is 0 Å². The maximum atomic E-state index is 12.5. The van der Waals surface area contributed by atoms with Gasteiger partial charge in [-0.25, -0.2) is 4.79 Å². The first-order valence-corrected chi connectivity index (χ1v) is 8.12. The minimum Gasteiger partial charge on any atom is -0.463 e. The minimum atomic E-state index is -0.312. The summed E-state index contributed by atoms with van der Waals surface area (Å²) >= 11 is 0. The van der Waals surface area contributed by atoms with E-state index < -0.39 is 0 Å². The van der Waals surface area contributed by atoms with E-state index >= 15 is 0 Å². The summed E-state index contributed by atoms with van der Waals surface area (Å²) in [5.41, 5.74) is 2.53. The molecule has 3 heteroatoms. The van der Waals surface area contributed by atoms with Crippen LogP contribution in [0, 0.1) is 0 Å². The van der Waals surface area contributed by atoms with Gasteiger partial charge in [0.1, 0.15) is 0 Å². The number of carbonyl (C=O) groups is 1. The lowest BCUT2D eigenvalue weighted by Gasteiger charge is -2.22. The Morgan fingerprint density at radius 3 is 2.29 bits per heavy atom. The zero-order chi connectivity index (χ0) is 17.2. The number of hydrogen-bond acceptors (Lipinski definition) is 3. The summed E-state index contributed by atoms with van der Waals surface area (Å²) in [5, 5.41) is 3.44. The average Bonchev–Trinajstić information content (AvgIpc) is 2.63. The van der Waals surface area contributed by atoms with Gasteiger partial charge in [-0.05, 0) is 37.6 Å². The molecule has 1 unspecified atom stereocenters. The maximum Gasteiger partial charge on any atom is 0.336 e. The zero-order valence-corrected chi connectivity index (χ0v) is 14.1. The summed E-state index contributed by atoms with van der Waals surface area (Å²) in [5.74, 6) is -0.312. The summed E-state index contributed by atoms with van der Waals surface area (Å²) in [7, 11) is 0. The molecule has 3 nitrogen and oxygen atoms in total. The van der Waals surface area contributed by atoms with Gasteiger partial charge in [0.15, 0.2) is 0 Å². The number of esters is 1. The Hall–Kier alpha value is -2.81. The first kappa shape index (κ1) is 17.5. The lowest BCUT2D eigenvalue weighted by molar-refractivity contribution is -0.138. The molecule has 0 aliphatic rings. The van der Waals surface area contributed by atoms with Crippen LogP contribution >= 0.6 is 0 Å². The van der Waals surface area contributed by atoms with Gasteiger partial charge in [-0.3, -0.25) is 0 Å². The zero-order valence-electron chi connectivity index (χ0n) is 14.1. The van der Waals surface area contributed by atoms with Crippen molar-refractivity contribution in [3.8, 4) is 0 Å². The Labute approximate surface area is 143 Å². The van der Waals surface area contributed by atoms with E-state index in [0.717, 1.165) is 11.3 Å². The predicted molar refractivity (Wildman–Crippen MR) is 98.8 cm³/mol. The molecule has 24 heavy (non-hydrogen) atoms. The van der Waals surface area contributed by atoms with Crippen molar-refractivity contribution in [3.05, 3.63) is 90.0 Å². The second kappa shape index (κ2) is 9.36. The third kappa shape index (κ3) is 4.85. The molecular weight excluding hydrogens is 298 g/mol. The smallest absolute Gasteiger partial charge is 0.336 e. The third-order valence-corrected chi connectivity index (χ3v) is 3.51. The monoisotopic (exact) mass is 321 g/mol. The molecule has 0 fully saturated rings. The number of hydrogen-bond donors (Lipinski definition) is 1. The van der Waals surface area contributed by atoms with Crippen LogP contribution in [0.5, 0.6) is 0 Å². The standard InChI is InChI=1S/C21H23NO2/c1-3-5-16-19(21(23)24-4-2)20(17-12-8-6-9-13-17)22-18-14-10-7-11-15-18/h3,5-16,20,22H,4H2,1-2H3/b5-3+,19-16+. The van der Waals surface area contributed by atoms with Crippen molar-refractivity contribution in [1.82, 2.24) is 0 Å². The summed E-state index contributed by atoms with van der Waals surface area (Å²) < 4.78 is 5.26. The quantitative estimate of drug-likeness (QED) is 0.447. The Balaban J connectivity index is 2.43. The van der Waals surface area contributed by atoms with Gasteiger partial charge in [-0.1, -0.05) is 60.7 Å². The fourth-order valence-electron chi connectivity index (χ4n) is 2.38. The van der Waals surface area contributed by atoms with Crippen LogP contribution in [-0.2, 0) is 9.53 Å². The van der Waals surface area contributed by atoms with E-state index in [1.54, 1.807) is 0 Å². The van der Waals surface area contributed by atoms with Crippen LogP contribution in [-0.4, -0.2) is 12.6 Å². The van der Waals surface area contributed by atoms with Gasteiger partial charge < -0.3 is 10.1 Å². The molecule has 1 N–H and O–H groups in total. The molecule has 124 valence electrons. The molecule has 0 spiro atoms. The van der Waals surface area contributed by atoms with Gasteiger partial charge in [-0.2, -0.15) is 0 Å². The molecule has 0 aliphatic heterocycles. The van der Waals surface area contributed by atoms with E-state index in [9.17, 15) is 4.79 Å². The van der Waals surface area contributed by atoms with E-state index in [1.807, 2.05) is 92.7 Å². The predicted octanol–water partition coefficient (Wildman–Crippen LogP) is 4.91. The van der Waals surface area contributed by atoms with Crippen molar-refractivity contribution in [2.45, 2.75) is 19.9 Å². The van der Waals surface area contributed by atoms with Crippen LogP contribution in [0.4, 0.5) is 5.69 Å². The van der Waals surface area contributed by atoms with Gasteiger partial charge in [0.25, 0.3) is 0 Å². The van der Waals surface area contributed by atoms with Gasteiger partial charge >= 0.3 is 5.97 Å². The van der Waals surface area contributed by atoms with Crippen molar-refractivity contribution < 1.29 is 9.53 Å². The third-order valence-electron chi connectivity index (χ3n) is 3.51. The topological polar surface area (TPSA) is 38.3 Å². The van der Waals surface area contributed by atoms with Crippen molar-refractivity contribution in [2.24, 2.45) is 0 Å². The van der Waals surface area contributed by atoms with Crippen LogP contribution in [0.1, 0.15) is 25.5 Å².